The van der Waals surface area contributed by atoms with Crippen LogP contribution in [0.5, 0.6) is 0 Å². The Kier molecular flexibility index (Phi) is 14.3. The molecule has 33 heavy (non-hydrogen) atoms. The zero-order chi connectivity index (χ0) is 24.5. The molecular formula is C22H37N3O7S. The minimum absolute atomic E-state index is 0.0000892. The van der Waals surface area contributed by atoms with Crippen LogP contribution in [0.4, 0.5) is 0 Å². The van der Waals surface area contributed by atoms with Crippen LogP contribution >= 0.6 is 0 Å². The Bertz CT molecular complexity index is 763. The summed E-state index contributed by atoms with van der Waals surface area (Å²) in [5.41, 5.74) is 0. The fourth-order valence-corrected chi connectivity index (χ4v) is 3.97. The highest BCUT2D eigenvalue weighted by molar-refractivity contribution is 7.85. The molecule has 0 radical (unpaired) electrons. The molecule has 1 rings (SSSR count). The number of imide groups is 1. The summed E-state index contributed by atoms with van der Waals surface area (Å²) in [4.78, 5) is 47.5. The molecule has 10 nitrogen and oxygen atoms in total. The Morgan fingerprint density at radius 2 is 1.18 bits per heavy atom. The average Bonchev–Trinajstić information content (AvgIpc) is 3.06. The van der Waals surface area contributed by atoms with Crippen molar-refractivity contribution in [1.82, 2.24) is 15.5 Å². The van der Waals surface area contributed by atoms with E-state index in [1.54, 1.807) is 0 Å². The first-order chi connectivity index (χ1) is 15.7. The molecule has 1 aliphatic rings. The summed E-state index contributed by atoms with van der Waals surface area (Å²) in [6.45, 7) is 1.17. The van der Waals surface area contributed by atoms with E-state index < -0.39 is 10.1 Å². The summed E-state index contributed by atoms with van der Waals surface area (Å²) >= 11 is 0. The van der Waals surface area contributed by atoms with E-state index in [4.69, 9.17) is 4.55 Å². The van der Waals surface area contributed by atoms with Crippen molar-refractivity contribution in [3.8, 4) is 0 Å². The third kappa shape index (κ3) is 15.2. The molecule has 1 aliphatic heterocycles. The maximum absolute atomic E-state index is 11.8. The second kappa shape index (κ2) is 16.4. The van der Waals surface area contributed by atoms with Crippen LogP contribution in [0.15, 0.2) is 12.2 Å². The van der Waals surface area contributed by atoms with Crippen LogP contribution in [0.2, 0.25) is 0 Å². The molecule has 0 bridgehead atoms. The molecule has 4 amide bonds. The Hall–Kier alpha value is -2.27. The molecule has 11 heteroatoms. The SMILES string of the molecule is O=C(CCCCCCCCCCS(=O)(=O)O)NCCCNC(=O)CCCN1C(=O)C=CC1=O. The predicted molar refractivity (Wildman–Crippen MR) is 124 cm³/mol. The molecule has 0 aromatic rings. The number of amides is 4. The van der Waals surface area contributed by atoms with Crippen molar-refractivity contribution in [3.63, 3.8) is 0 Å². The highest BCUT2D eigenvalue weighted by Gasteiger charge is 2.22. The topological polar surface area (TPSA) is 150 Å². The molecule has 0 saturated heterocycles. The van der Waals surface area contributed by atoms with Crippen molar-refractivity contribution >= 4 is 33.7 Å². The second-order valence-corrected chi connectivity index (χ2v) is 9.76. The van der Waals surface area contributed by atoms with Crippen molar-refractivity contribution in [3.05, 3.63) is 12.2 Å². The summed E-state index contributed by atoms with van der Waals surface area (Å²) in [6, 6.07) is 0. The lowest BCUT2D eigenvalue weighted by atomic mass is 10.1. The molecule has 0 spiro atoms. The highest BCUT2D eigenvalue weighted by atomic mass is 32.2. The number of hydrogen-bond donors (Lipinski definition) is 3. The van der Waals surface area contributed by atoms with Crippen LogP contribution in [-0.4, -0.2) is 66.9 Å². The summed E-state index contributed by atoms with van der Waals surface area (Å²) in [6.07, 6.45) is 11.3. The molecule has 1 heterocycles. The standard InChI is InChI=1S/C22H37N3O7S/c26-19(11-7-5-3-1-2-4-6-8-18-33(30,31)32)23-15-10-16-24-20(27)12-9-17-25-21(28)13-14-22(25)29/h13-14H,1-12,15-18H2,(H,23,26)(H,24,27)(H,30,31,32). The van der Waals surface area contributed by atoms with Crippen LogP contribution in [0.25, 0.3) is 0 Å². The fourth-order valence-electron chi connectivity index (χ4n) is 3.40. The van der Waals surface area contributed by atoms with Crippen LogP contribution in [0.3, 0.4) is 0 Å². The highest BCUT2D eigenvalue weighted by Crippen LogP contribution is 2.10. The van der Waals surface area contributed by atoms with Crippen molar-refractivity contribution in [1.29, 1.82) is 0 Å². The molecule has 188 valence electrons. The maximum atomic E-state index is 11.8. The summed E-state index contributed by atoms with van der Waals surface area (Å²) in [5.74, 6) is -1.00. The number of carbonyl (C=O) groups is 4. The van der Waals surface area contributed by atoms with Gasteiger partial charge in [0, 0.05) is 44.6 Å². The van der Waals surface area contributed by atoms with E-state index in [2.05, 4.69) is 10.6 Å². The zero-order valence-electron chi connectivity index (χ0n) is 19.2. The van der Waals surface area contributed by atoms with Gasteiger partial charge in [-0.25, -0.2) is 0 Å². The molecule has 0 saturated carbocycles. The van der Waals surface area contributed by atoms with Gasteiger partial charge in [0.05, 0.1) is 5.75 Å². The molecule has 0 aromatic carbocycles. The number of hydrogen-bond acceptors (Lipinski definition) is 6. The van der Waals surface area contributed by atoms with Gasteiger partial charge in [-0.3, -0.25) is 28.6 Å². The van der Waals surface area contributed by atoms with E-state index in [0.29, 0.717) is 38.8 Å². The van der Waals surface area contributed by atoms with Gasteiger partial charge in [0.25, 0.3) is 21.9 Å². The van der Waals surface area contributed by atoms with Crippen LogP contribution in [0.1, 0.15) is 77.0 Å². The lowest BCUT2D eigenvalue weighted by molar-refractivity contribution is -0.137. The molecule has 0 fully saturated rings. The molecule has 3 N–H and O–H groups in total. The number of nitrogens with one attached hydrogen (secondary N) is 2. The smallest absolute Gasteiger partial charge is 0.264 e. The Labute approximate surface area is 196 Å². The first-order valence-corrected chi connectivity index (χ1v) is 13.3. The van der Waals surface area contributed by atoms with Crippen molar-refractivity contribution < 1.29 is 32.1 Å². The Morgan fingerprint density at radius 1 is 0.727 bits per heavy atom. The van der Waals surface area contributed by atoms with E-state index in [1.165, 1.54) is 12.2 Å². The van der Waals surface area contributed by atoms with Gasteiger partial charge in [0.2, 0.25) is 11.8 Å². The number of nitrogens with zero attached hydrogens (tertiary/aromatic N) is 1. The molecule has 0 atom stereocenters. The molecule has 0 aliphatic carbocycles. The summed E-state index contributed by atoms with van der Waals surface area (Å²) in [7, 11) is -3.84. The molecular weight excluding hydrogens is 450 g/mol. The minimum Gasteiger partial charge on any atom is -0.356 e. The third-order valence-electron chi connectivity index (χ3n) is 5.24. The van der Waals surface area contributed by atoms with Gasteiger partial charge in [-0.15, -0.1) is 0 Å². The number of rotatable bonds is 19. The van der Waals surface area contributed by atoms with E-state index >= 15 is 0 Å². The van der Waals surface area contributed by atoms with E-state index in [9.17, 15) is 27.6 Å². The van der Waals surface area contributed by atoms with Gasteiger partial charge in [0.1, 0.15) is 0 Å². The van der Waals surface area contributed by atoms with Crippen molar-refractivity contribution in [2.24, 2.45) is 0 Å². The van der Waals surface area contributed by atoms with Crippen molar-refractivity contribution in [2.75, 3.05) is 25.4 Å². The van der Waals surface area contributed by atoms with E-state index in [-0.39, 0.29) is 42.3 Å². The quantitative estimate of drug-likeness (QED) is 0.143. The van der Waals surface area contributed by atoms with Crippen LogP contribution < -0.4 is 10.6 Å². The van der Waals surface area contributed by atoms with Gasteiger partial charge in [-0.05, 0) is 25.7 Å². The van der Waals surface area contributed by atoms with Gasteiger partial charge in [-0.1, -0.05) is 38.5 Å². The Balaban J connectivity index is 1.86. The lowest BCUT2D eigenvalue weighted by Gasteiger charge is -2.13. The Morgan fingerprint density at radius 3 is 1.70 bits per heavy atom. The number of carbonyl (C=O) groups excluding carboxylic acids is 4. The lowest BCUT2D eigenvalue weighted by Crippen LogP contribution is -2.33. The van der Waals surface area contributed by atoms with Gasteiger partial charge < -0.3 is 10.6 Å². The summed E-state index contributed by atoms with van der Waals surface area (Å²) in [5, 5.41) is 5.60. The second-order valence-electron chi connectivity index (χ2n) is 8.18. The van der Waals surface area contributed by atoms with Crippen LogP contribution in [-0.2, 0) is 29.3 Å². The molecule has 0 unspecified atom stereocenters. The molecule has 0 aromatic heterocycles. The normalized spacial score (nSPS) is 13.5. The average molecular weight is 488 g/mol. The zero-order valence-corrected chi connectivity index (χ0v) is 20.0. The largest absolute Gasteiger partial charge is 0.356 e. The first-order valence-electron chi connectivity index (χ1n) is 11.7. The van der Waals surface area contributed by atoms with E-state index in [1.807, 2.05) is 0 Å². The summed E-state index contributed by atoms with van der Waals surface area (Å²) < 4.78 is 29.8. The van der Waals surface area contributed by atoms with Gasteiger partial charge in [-0.2, -0.15) is 8.42 Å². The van der Waals surface area contributed by atoms with Crippen LogP contribution in [0, 0.1) is 0 Å². The first kappa shape index (κ1) is 28.8. The maximum Gasteiger partial charge on any atom is 0.264 e. The fraction of sp³-hybridized carbons (Fsp3) is 0.727. The van der Waals surface area contributed by atoms with Gasteiger partial charge >= 0.3 is 0 Å². The minimum atomic E-state index is -3.84. The third-order valence-corrected chi connectivity index (χ3v) is 6.04. The monoisotopic (exact) mass is 487 g/mol. The number of unbranched alkanes of at least 4 members (excludes halogenated alkanes) is 7. The predicted octanol–water partition coefficient (Wildman–Crippen LogP) is 1.71. The van der Waals surface area contributed by atoms with Crippen molar-refractivity contribution in [2.45, 2.75) is 77.0 Å². The van der Waals surface area contributed by atoms with Gasteiger partial charge in [0.15, 0.2) is 0 Å². The van der Waals surface area contributed by atoms with E-state index in [0.717, 1.165) is 49.8 Å².